The van der Waals surface area contributed by atoms with Gasteiger partial charge in [-0.05, 0) is 50.6 Å². The summed E-state index contributed by atoms with van der Waals surface area (Å²) in [4.78, 5) is 7.59. The average molecular weight is 319 g/mol. The Bertz CT molecular complexity index is 602. The molecule has 4 N–H and O–H groups in total. The summed E-state index contributed by atoms with van der Waals surface area (Å²) in [6, 6.07) is 6.97. The summed E-state index contributed by atoms with van der Waals surface area (Å²) >= 11 is 5.52. The molecule has 4 nitrogen and oxygen atoms in total. The van der Waals surface area contributed by atoms with Crippen molar-refractivity contribution in [1.82, 2.24) is 9.97 Å². The predicted octanol–water partition coefficient (Wildman–Crippen LogP) is 4.60. The van der Waals surface area contributed by atoms with Gasteiger partial charge in [-0.3, -0.25) is 0 Å². The van der Waals surface area contributed by atoms with E-state index in [1.54, 1.807) is 24.5 Å². The zero-order valence-corrected chi connectivity index (χ0v) is 14.1. The lowest BCUT2D eigenvalue weighted by molar-refractivity contribution is 1.32. The second-order valence-electron chi connectivity index (χ2n) is 4.86. The second kappa shape index (κ2) is 10.4. The smallest absolute Gasteiger partial charge is 0.124 e. The summed E-state index contributed by atoms with van der Waals surface area (Å²) in [7, 11) is 0. The number of halogens is 1. The normalized spacial score (nSPS) is 8.73. The highest BCUT2D eigenvalue weighted by atomic mass is 35.5. The molecule has 0 amide bonds. The molecule has 0 saturated carbocycles. The Morgan fingerprint density at radius 3 is 1.68 bits per heavy atom. The number of anilines is 2. The Balaban J connectivity index is 0.000000330. The van der Waals surface area contributed by atoms with Crippen molar-refractivity contribution in [1.29, 1.82) is 0 Å². The first-order valence-electron chi connectivity index (χ1n) is 6.59. The molecule has 0 aliphatic carbocycles. The minimum Gasteiger partial charge on any atom is -0.384 e. The molecule has 118 valence electrons. The highest BCUT2D eigenvalue weighted by molar-refractivity contribution is 6.30. The molecule has 0 spiro atoms. The van der Waals surface area contributed by atoms with Crippen LogP contribution in [0.2, 0.25) is 5.02 Å². The zero-order valence-electron chi connectivity index (χ0n) is 13.3. The minimum absolute atomic E-state index is 0.456. The van der Waals surface area contributed by atoms with Gasteiger partial charge < -0.3 is 11.5 Å². The number of nitrogens with zero attached hydrogens (tertiary/aromatic N) is 2. The summed E-state index contributed by atoms with van der Waals surface area (Å²) in [5.41, 5.74) is 13.9. The summed E-state index contributed by atoms with van der Waals surface area (Å²) in [5, 5.41) is 0.623. The molecular weight excluding hydrogens is 296 g/mol. The first-order valence-corrected chi connectivity index (χ1v) is 6.96. The lowest BCUT2D eigenvalue weighted by Crippen LogP contribution is -1.89. The van der Waals surface area contributed by atoms with Gasteiger partial charge in [0.15, 0.2) is 0 Å². The monoisotopic (exact) mass is 318 g/mol. The molecule has 0 aliphatic heterocycles. The van der Waals surface area contributed by atoms with Gasteiger partial charge in [0.2, 0.25) is 0 Å². The third-order valence-electron chi connectivity index (χ3n) is 2.02. The lowest BCUT2D eigenvalue weighted by atomic mass is 10.1. The molecule has 5 heteroatoms. The van der Waals surface area contributed by atoms with Crippen molar-refractivity contribution in [3.63, 3.8) is 0 Å². The quantitative estimate of drug-likeness (QED) is 0.753. The Labute approximate surface area is 137 Å². The van der Waals surface area contributed by atoms with E-state index in [0.717, 1.165) is 11.1 Å². The Morgan fingerprint density at radius 1 is 0.955 bits per heavy atom. The van der Waals surface area contributed by atoms with Gasteiger partial charge in [-0.25, -0.2) is 9.97 Å². The van der Waals surface area contributed by atoms with Crippen LogP contribution in [0.1, 0.15) is 26.3 Å². The summed E-state index contributed by atoms with van der Waals surface area (Å²) in [6.45, 7) is 13.2. The van der Waals surface area contributed by atoms with Gasteiger partial charge in [-0.15, -0.1) is 6.58 Å². The highest BCUT2D eigenvalue weighted by Gasteiger charge is 1.92. The first-order chi connectivity index (χ1) is 10.2. The van der Waals surface area contributed by atoms with Crippen LogP contribution in [0.25, 0.3) is 5.57 Å². The van der Waals surface area contributed by atoms with Crippen LogP contribution in [0.3, 0.4) is 0 Å². The molecule has 2 rings (SSSR count). The third kappa shape index (κ3) is 10.5. The molecule has 2 heterocycles. The number of pyridine rings is 2. The fourth-order valence-corrected chi connectivity index (χ4v) is 1.30. The Hall–Kier alpha value is -2.33. The van der Waals surface area contributed by atoms with Crippen molar-refractivity contribution in [3.05, 3.63) is 66.0 Å². The van der Waals surface area contributed by atoms with Crippen molar-refractivity contribution in [2.75, 3.05) is 11.5 Å². The molecule has 2 aromatic heterocycles. The van der Waals surface area contributed by atoms with Crippen LogP contribution in [0.4, 0.5) is 11.6 Å². The Kier molecular flexibility index (Phi) is 9.30. The molecule has 22 heavy (non-hydrogen) atoms. The van der Waals surface area contributed by atoms with Gasteiger partial charge >= 0.3 is 0 Å². The summed E-state index contributed by atoms with van der Waals surface area (Å²) < 4.78 is 0. The van der Waals surface area contributed by atoms with E-state index < -0.39 is 0 Å². The molecule has 0 unspecified atom stereocenters. The zero-order chi connectivity index (χ0) is 17.1. The van der Waals surface area contributed by atoms with E-state index in [0.29, 0.717) is 16.7 Å². The van der Waals surface area contributed by atoms with Crippen molar-refractivity contribution >= 4 is 28.8 Å². The molecule has 2 aromatic rings. The van der Waals surface area contributed by atoms with Crippen LogP contribution in [-0.4, -0.2) is 9.97 Å². The topological polar surface area (TPSA) is 77.8 Å². The van der Waals surface area contributed by atoms with Crippen molar-refractivity contribution in [3.8, 4) is 0 Å². The minimum atomic E-state index is 0.456. The maximum absolute atomic E-state index is 5.52. The van der Waals surface area contributed by atoms with Crippen LogP contribution in [-0.2, 0) is 0 Å². The van der Waals surface area contributed by atoms with Gasteiger partial charge in [0.05, 0.1) is 0 Å². The predicted molar refractivity (Wildman–Crippen MR) is 97.5 cm³/mol. The number of rotatable bonds is 1. The molecule has 0 aromatic carbocycles. The van der Waals surface area contributed by atoms with Crippen molar-refractivity contribution in [2.45, 2.75) is 20.8 Å². The van der Waals surface area contributed by atoms with Gasteiger partial charge in [-0.2, -0.15) is 0 Å². The maximum atomic E-state index is 5.52. The van der Waals surface area contributed by atoms with Gasteiger partial charge in [0, 0.05) is 17.4 Å². The number of nitrogens with two attached hydrogens (primary N) is 2. The number of allylic oxidation sites excluding steroid dienone is 2. The number of aromatic nitrogens is 2. The van der Waals surface area contributed by atoms with E-state index in [9.17, 15) is 0 Å². The molecule has 0 saturated heterocycles. The maximum Gasteiger partial charge on any atom is 0.124 e. The molecule has 0 atom stereocenters. The molecule has 0 aliphatic rings. The fraction of sp³-hybridized carbons (Fsp3) is 0.176. The second-order valence-corrected chi connectivity index (χ2v) is 5.29. The van der Waals surface area contributed by atoms with E-state index in [1.165, 1.54) is 5.57 Å². The van der Waals surface area contributed by atoms with E-state index in [2.05, 4.69) is 23.1 Å². The Morgan fingerprint density at radius 2 is 1.41 bits per heavy atom. The first kappa shape index (κ1) is 19.7. The van der Waals surface area contributed by atoms with E-state index >= 15 is 0 Å². The highest BCUT2D eigenvalue weighted by Crippen LogP contribution is 2.11. The van der Waals surface area contributed by atoms with Crippen LogP contribution in [0.5, 0.6) is 0 Å². The average Bonchev–Trinajstić information content (AvgIpc) is 2.38. The molecular formula is C17H23ClN4. The van der Waals surface area contributed by atoms with Gasteiger partial charge in [0.25, 0.3) is 0 Å². The summed E-state index contributed by atoms with van der Waals surface area (Å²) in [5.74, 6) is 0.998. The van der Waals surface area contributed by atoms with Gasteiger partial charge in [-0.1, -0.05) is 29.3 Å². The van der Waals surface area contributed by atoms with Crippen LogP contribution < -0.4 is 11.5 Å². The fourth-order valence-electron chi connectivity index (χ4n) is 1.13. The van der Waals surface area contributed by atoms with E-state index in [4.69, 9.17) is 23.1 Å². The van der Waals surface area contributed by atoms with Crippen molar-refractivity contribution in [2.24, 2.45) is 0 Å². The van der Waals surface area contributed by atoms with Crippen molar-refractivity contribution < 1.29 is 0 Å². The molecule has 0 bridgehead atoms. The number of hydrogen-bond donors (Lipinski definition) is 2. The van der Waals surface area contributed by atoms with E-state index in [-0.39, 0.29) is 0 Å². The molecule has 0 fully saturated rings. The lowest BCUT2D eigenvalue weighted by Gasteiger charge is -1.98. The number of hydrogen-bond acceptors (Lipinski definition) is 4. The van der Waals surface area contributed by atoms with Crippen LogP contribution >= 0.6 is 11.6 Å². The standard InChI is InChI=1S/C8H10N2.C5H5ClN2.C4H8/c1-6(2)7-3-4-10-8(9)5-7;6-4-1-2-8-5(7)3-4;1-4(2)3/h3-5H,1H2,2H3,(H2,9,10);1-3H,(H2,7,8);1H2,2-3H3. The van der Waals surface area contributed by atoms with Gasteiger partial charge in [0.1, 0.15) is 11.6 Å². The molecule has 0 radical (unpaired) electrons. The number of nitrogen functional groups attached to an aromatic ring is 2. The largest absolute Gasteiger partial charge is 0.384 e. The van der Waals surface area contributed by atoms with Crippen LogP contribution in [0.15, 0.2) is 55.4 Å². The summed E-state index contributed by atoms with van der Waals surface area (Å²) in [6.07, 6.45) is 3.25. The third-order valence-corrected chi connectivity index (χ3v) is 2.25. The van der Waals surface area contributed by atoms with E-state index in [1.807, 2.05) is 32.9 Å². The van der Waals surface area contributed by atoms with Crippen LogP contribution in [0, 0.1) is 0 Å². The SMILES string of the molecule is C=C(C)C.C=C(C)c1ccnc(N)c1.Nc1cc(Cl)ccn1.